The highest BCUT2D eigenvalue weighted by atomic mass is 19.4. The van der Waals surface area contributed by atoms with Crippen molar-refractivity contribution in [3.05, 3.63) is 65.0 Å². The van der Waals surface area contributed by atoms with E-state index in [0.717, 1.165) is 36.4 Å². The third kappa shape index (κ3) is 4.54. The predicted molar refractivity (Wildman–Crippen MR) is 101 cm³/mol. The molecule has 0 aliphatic heterocycles. The SMILES string of the molecule is Cn1c(-c2ccc(C#N)cc2C(F)(F)F)nnc1C(C)(C)Oc1ccc(C(F)(F)F)cc1. The van der Waals surface area contributed by atoms with Crippen molar-refractivity contribution >= 4 is 0 Å². The Morgan fingerprint density at radius 3 is 2.06 bits per heavy atom. The minimum Gasteiger partial charge on any atom is -0.480 e. The van der Waals surface area contributed by atoms with Crippen LogP contribution in [0.3, 0.4) is 0 Å². The van der Waals surface area contributed by atoms with E-state index in [1.807, 2.05) is 0 Å². The van der Waals surface area contributed by atoms with E-state index < -0.39 is 29.1 Å². The van der Waals surface area contributed by atoms with E-state index in [-0.39, 0.29) is 28.5 Å². The summed E-state index contributed by atoms with van der Waals surface area (Å²) in [4.78, 5) is 0. The highest BCUT2D eigenvalue weighted by Gasteiger charge is 2.37. The Morgan fingerprint density at radius 2 is 1.53 bits per heavy atom. The van der Waals surface area contributed by atoms with E-state index in [1.54, 1.807) is 19.9 Å². The van der Waals surface area contributed by atoms with Crippen LogP contribution in [0, 0.1) is 11.3 Å². The molecule has 32 heavy (non-hydrogen) atoms. The second-order valence-electron chi connectivity index (χ2n) is 7.41. The molecule has 0 saturated heterocycles. The molecule has 0 fully saturated rings. The molecule has 0 radical (unpaired) electrons. The molecule has 0 amide bonds. The van der Waals surface area contributed by atoms with Crippen LogP contribution in [0.4, 0.5) is 26.3 Å². The average molecular weight is 454 g/mol. The first-order chi connectivity index (χ1) is 14.7. The number of halogens is 6. The molecular weight excluding hydrogens is 438 g/mol. The van der Waals surface area contributed by atoms with Crippen LogP contribution in [0.15, 0.2) is 42.5 Å². The van der Waals surface area contributed by atoms with Gasteiger partial charge < -0.3 is 9.30 Å². The Kier molecular flexibility index (Phi) is 5.67. The Hall–Kier alpha value is -3.55. The minimum absolute atomic E-state index is 0.110. The lowest BCUT2D eigenvalue weighted by Crippen LogP contribution is -2.29. The van der Waals surface area contributed by atoms with Gasteiger partial charge in [-0.05, 0) is 56.3 Å². The first-order valence-corrected chi connectivity index (χ1v) is 9.12. The summed E-state index contributed by atoms with van der Waals surface area (Å²) in [6.07, 6.45) is -9.23. The summed E-state index contributed by atoms with van der Waals surface area (Å²) in [6.45, 7) is 3.11. The van der Waals surface area contributed by atoms with Crippen molar-refractivity contribution in [3.8, 4) is 23.2 Å². The zero-order valence-electron chi connectivity index (χ0n) is 17.0. The Labute approximate surface area is 178 Å². The number of hydrogen-bond acceptors (Lipinski definition) is 4. The van der Waals surface area contributed by atoms with Crippen molar-refractivity contribution in [2.75, 3.05) is 0 Å². The third-order valence-electron chi connectivity index (χ3n) is 4.66. The molecule has 0 unspecified atom stereocenters. The number of rotatable bonds is 4. The van der Waals surface area contributed by atoms with Gasteiger partial charge in [0.2, 0.25) is 0 Å². The van der Waals surface area contributed by atoms with Crippen LogP contribution in [0.2, 0.25) is 0 Å². The first-order valence-electron chi connectivity index (χ1n) is 9.12. The van der Waals surface area contributed by atoms with Crippen LogP contribution in [-0.4, -0.2) is 14.8 Å². The number of nitrogens with zero attached hydrogens (tertiary/aromatic N) is 4. The number of nitriles is 1. The number of benzene rings is 2. The largest absolute Gasteiger partial charge is 0.480 e. The summed E-state index contributed by atoms with van der Waals surface area (Å²) in [6, 6.07) is 8.78. The molecule has 0 bridgehead atoms. The van der Waals surface area contributed by atoms with Crippen molar-refractivity contribution in [2.24, 2.45) is 7.05 Å². The predicted octanol–water partition coefficient (Wildman–Crippen LogP) is 5.71. The van der Waals surface area contributed by atoms with Gasteiger partial charge in [0.25, 0.3) is 0 Å². The Morgan fingerprint density at radius 1 is 0.906 bits per heavy atom. The fourth-order valence-electron chi connectivity index (χ4n) is 3.18. The molecule has 2 aromatic carbocycles. The van der Waals surface area contributed by atoms with Gasteiger partial charge in [0, 0.05) is 12.6 Å². The summed E-state index contributed by atoms with van der Waals surface area (Å²) in [5.41, 5.74) is -3.56. The number of hydrogen-bond donors (Lipinski definition) is 0. The van der Waals surface area contributed by atoms with E-state index in [4.69, 9.17) is 10.00 Å². The van der Waals surface area contributed by atoms with Crippen LogP contribution in [0.25, 0.3) is 11.4 Å². The van der Waals surface area contributed by atoms with Crippen LogP contribution in [0.1, 0.15) is 36.4 Å². The smallest absolute Gasteiger partial charge is 0.417 e. The zero-order valence-corrected chi connectivity index (χ0v) is 17.0. The van der Waals surface area contributed by atoms with Crippen LogP contribution in [0.5, 0.6) is 5.75 Å². The lowest BCUT2D eigenvalue weighted by Gasteiger charge is -2.26. The van der Waals surface area contributed by atoms with Crippen LogP contribution in [-0.2, 0) is 25.0 Å². The van der Waals surface area contributed by atoms with Crippen molar-refractivity contribution in [1.29, 1.82) is 5.26 Å². The molecule has 0 spiro atoms. The van der Waals surface area contributed by atoms with E-state index in [0.29, 0.717) is 0 Å². The van der Waals surface area contributed by atoms with Gasteiger partial charge in [0.05, 0.1) is 22.8 Å². The number of alkyl halides is 6. The van der Waals surface area contributed by atoms with Crippen LogP contribution >= 0.6 is 0 Å². The van der Waals surface area contributed by atoms with Gasteiger partial charge >= 0.3 is 12.4 Å². The van der Waals surface area contributed by atoms with Crippen molar-refractivity contribution < 1.29 is 31.1 Å². The second-order valence-corrected chi connectivity index (χ2v) is 7.41. The van der Waals surface area contributed by atoms with E-state index in [9.17, 15) is 26.3 Å². The van der Waals surface area contributed by atoms with Crippen LogP contribution < -0.4 is 4.74 Å². The van der Waals surface area contributed by atoms with E-state index >= 15 is 0 Å². The van der Waals surface area contributed by atoms with Gasteiger partial charge in [-0.15, -0.1) is 10.2 Å². The molecule has 5 nitrogen and oxygen atoms in total. The van der Waals surface area contributed by atoms with Gasteiger partial charge in [-0.3, -0.25) is 0 Å². The van der Waals surface area contributed by atoms with Gasteiger partial charge in [0.15, 0.2) is 17.2 Å². The topological polar surface area (TPSA) is 63.7 Å². The van der Waals surface area contributed by atoms with Gasteiger partial charge in [-0.1, -0.05) is 0 Å². The van der Waals surface area contributed by atoms with E-state index in [2.05, 4.69) is 10.2 Å². The fourth-order valence-corrected chi connectivity index (χ4v) is 3.18. The first kappa shape index (κ1) is 23.1. The maximum atomic E-state index is 13.6. The van der Waals surface area contributed by atoms with Gasteiger partial charge in [-0.25, -0.2) is 0 Å². The second kappa shape index (κ2) is 7.85. The molecule has 0 aliphatic rings. The molecular formula is C21H16F6N4O. The lowest BCUT2D eigenvalue weighted by molar-refractivity contribution is -0.138. The lowest BCUT2D eigenvalue weighted by atomic mass is 10.0. The summed E-state index contributed by atoms with van der Waals surface area (Å²) < 4.78 is 86.0. The summed E-state index contributed by atoms with van der Waals surface area (Å²) in [5.74, 6) is 0.146. The third-order valence-corrected chi connectivity index (χ3v) is 4.66. The molecule has 3 rings (SSSR count). The molecule has 1 aromatic heterocycles. The molecule has 168 valence electrons. The van der Waals surface area contributed by atoms with Crippen molar-refractivity contribution in [2.45, 2.75) is 31.8 Å². The standard InChI is InChI=1S/C21H16F6N4O/c1-19(2,32-14-7-5-13(6-8-14)20(22,23)24)18-30-29-17(31(18)3)15-9-4-12(11-28)10-16(15)21(25,26)27/h4-10H,1-3H3. The average Bonchev–Trinajstić information content (AvgIpc) is 3.08. The van der Waals surface area contributed by atoms with Gasteiger partial charge in [0.1, 0.15) is 5.75 Å². The summed E-state index contributed by atoms with van der Waals surface area (Å²) in [7, 11) is 1.45. The minimum atomic E-state index is -4.74. The highest BCUT2D eigenvalue weighted by molar-refractivity contribution is 5.63. The molecule has 0 saturated carbocycles. The maximum Gasteiger partial charge on any atom is 0.417 e. The Bertz CT molecular complexity index is 1170. The molecule has 1 heterocycles. The number of ether oxygens (including phenoxy) is 1. The van der Waals surface area contributed by atoms with Crippen molar-refractivity contribution in [1.82, 2.24) is 14.8 Å². The fraction of sp³-hybridized carbons (Fsp3) is 0.286. The quantitative estimate of drug-likeness (QED) is 0.474. The molecule has 11 heteroatoms. The zero-order chi connectivity index (χ0) is 23.9. The van der Waals surface area contributed by atoms with E-state index in [1.165, 1.54) is 17.7 Å². The molecule has 3 aromatic rings. The summed E-state index contributed by atoms with van der Waals surface area (Å²) >= 11 is 0. The highest BCUT2D eigenvalue weighted by Crippen LogP contribution is 2.38. The molecule has 0 N–H and O–H groups in total. The molecule has 0 aliphatic carbocycles. The molecule has 0 atom stereocenters. The monoisotopic (exact) mass is 454 g/mol. The van der Waals surface area contributed by atoms with Gasteiger partial charge in [-0.2, -0.15) is 31.6 Å². The maximum absolute atomic E-state index is 13.6. The summed E-state index contributed by atoms with van der Waals surface area (Å²) in [5, 5.41) is 16.8. The Balaban J connectivity index is 1.98. The normalized spacial score (nSPS) is 12.5. The van der Waals surface area contributed by atoms with Crippen molar-refractivity contribution in [3.63, 3.8) is 0 Å². The number of aromatic nitrogens is 3.